The fourth-order valence-electron chi connectivity index (χ4n) is 6.32. The van der Waals surface area contributed by atoms with Gasteiger partial charge >= 0.3 is 0 Å². The number of piperazine rings is 1. The summed E-state index contributed by atoms with van der Waals surface area (Å²) in [5.74, 6) is 0.776. The van der Waals surface area contributed by atoms with Crippen LogP contribution >= 0.6 is 36.4 Å². The Morgan fingerprint density at radius 3 is 2.45 bits per heavy atom. The summed E-state index contributed by atoms with van der Waals surface area (Å²) in [5, 5.41) is 11.4. The molecule has 4 atom stereocenters. The van der Waals surface area contributed by atoms with Crippen LogP contribution in [-0.2, 0) is 4.74 Å². The molecule has 0 spiro atoms. The van der Waals surface area contributed by atoms with Crippen LogP contribution in [0.4, 0.5) is 5.69 Å². The first-order chi connectivity index (χ1) is 13.7. The van der Waals surface area contributed by atoms with Crippen molar-refractivity contribution >= 4 is 42.1 Å². The molecule has 7 heteroatoms. The van der Waals surface area contributed by atoms with E-state index < -0.39 is 6.10 Å². The molecule has 1 heterocycles. The van der Waals surface area contributed by atoms with Gasteiger partial charge in [-0.2, -0.15) is 0 Å². The van der Waals surface area contributed by atoms with E-state index in [1.807, 2.05) is 6.07 Å². The highest BCUT2D eigenvalue weighted by atomic mass is 35.5. The number of benzene rings is 1. The maximum absolute atomic E-state index is 10.7. The molecular formula is C24H39Cl3N2O2. The maximum atomic E-state index is 10.7. The SMILES string of the molecule is Cc1ccc(Cl)cc1N1CCN(CC(O)COC2C3(C)CCC(C3)C2(C)C)CC1.Cl.Cl. The van der Waals surface area contributed by atoms with Gasteiger partial charge in [-0.1, -0.05) is 38.4 Å². The highest BCUT2D eigenvalue weighted by molar-refractivity contribution is 6.30. The Balaban J connectivity index is 0.00000171. The van der Waals surface area contributed by atoms with Gasteiger partial charge in [-0.15, -0.1) is 24.8 Å². The zero-order valence-corrected chi connectivity index (χ0v) is 21.7. The molecule has 4 nitrogen and oxygen atoms in total. The summed E-state index contributed by atoms with van der Waals surface area (Å²) < 4.78 is 6.38. The first-order valence-corrected chi connectivity index (χ1v) is 11.6. The summed E-state index contributed by atoms with van der Waals surface area (Å²) in [6.07, 6.45) is 3.74. The second kappa shape index (κ2) is 10.4. The first-order valence-electron chi connectivity index (χ1n) is 11.2. The summed E-state index contributed by atoms with van der Waals surface area (Å²) in [5.41, 5.74) is 3.02. The second-order valence-electron chi connectivity index (χ2n) is 10.5. The fraction of sp³-hybridized carbons (Fsp3) is 0.750. The monoisotopic (exact) mass is 492 g/mol. The van der Waals surface area contributed by atoms with Gasteiger partial charge in [-0.3, -0.25) is 4.90 Å². The molecule has 0 radical (unpaired) electrons. The van der Waals surface area contributed by atoms with Crippen molar-refractivity contribution in [3.63, 3.8) is 0 Å². The largest absolute Gasteiger partial charge is 0.389 e. The minimum Gasteiger partial charge on any atom is -0.389 e. The molecule has 4 unspecified atom stereocenters. The van der Waals surface area contributed by atoms with E-state index in [1.54, 1.807) is 0 Å². The first kappa shape index (κ1) is 27.0. The third kappa shape index (κ3) is 5.47. The molecule has 2 bridgehead atoms. The van der Waals surface area contributed by atoms with Gasteiger partial charge in [-0.05, 0) is 60.6 Å². The number of aryl methyl sites for hydroxylation is 1. The van der Waals surface area contributed by atoms with Crippen molar-refractivity contribution in [3.05, 3.63) is 28.8 Å². The van der Waals surface area contributed by atoms with Gasteiger partial charge < -0.3 is 14.7 Å². The summed E-state index contributed by atoms with van der Waals surface area (Å²) in [4.78, 5) is 4.76. The smallest absolute Gasteiger partial charge is 0.0900 e. The molecule has 1 N–H and O–H groups in total. The number of hydrogen-bond donors (Lipinski definition) is 1. The molecule has 0 amide bonds. The lowest BCUT2D eigenvalue weighted by Gasteiger charge is -2.43. The molecule has 1 aromatic carbocycles. The Labute approximate surface area is 205 Å². The van der Waals surface area contributed by atoms with Gasteiger partial charge in [0, 0.05) is 43.4 Å². The van der Waals surface area contributed by atoms with Crippen molar-refractivity contribution in [2.45, 2.75) is 59.2 Å². The Morgan fingerprint density at radius 1 is 1.16 bits per heavy atom. The number of aliphatic hydroxyl groups is 1. The lowest BCUT2D eigenvalue weighted by Crippen LogP contribution is -2.50. The summed E-state index contributed by atoms with van der Waals surface area (Å²) >= 11 is 6.19. The van der Waals surface area contributed by atoms with Crippen molar-refractivity contribution < 1.29 is 9.84 Å². The van der Waals surface area contributed by atoms with E-state index in [-0.39, 0.29) is 36.3 Å². The summed E-state index contributed by atoms with van der Waals surface area (Å²) in [7, 11) is 0. The van der Waals surface area contributed by atoms with E-state index in [9.17, 15) is 5.11 Å². The van der Waals surface area contributed by atoms with E-state index >= 15 is 0 Å². The van der Waals surface area contributed by atoms with E-state index in [0.717, 1.165) is 37.1 Å². The van der Waals surface area contributed by atoms with Crippen LogP contribution in [0.25, 0.3) is 0 Å². The van der Waals surface area contributed by atoms with Gasteiger partial charge in [0.25, 0.3) is 0 Å². The Hall–Kier alpha value is -0.230. The highest BCUT2D eigenvalue weighted by Gasteiger charge is 2.60. The predicted octanol–water partition coefficient (Wildman–Crippen LogP) is 5.21. The summed E-state index contributed by atoms with van der Waals surface area (Å²) in [6.45, 7) is 14.2. The van der Waals surface area contributed by atoms with Crippen LogP contribution in [0.5, 0.6) is 0 Å². The van der Waals surface area contributed by atoms with Crippen molar-refractivity contribution in [2.24, 2.45) is 16.7 Å². The average Bonchev–Trinajstić information content (AvgIpc) is 3.15. The van der Waals surface area contributed by atoms with Crippen LogP contribution in [0.15, 0.2) is 18.2 Å². The normalized spacial score (nSPS) is 30.6. The van der Waals surface area contributed by atoms with Crippen molar-refractivity contribution in [3.8, 4) is 0 Å². The average molecular weight is 494 g/mol. The van der Waals surface area contributed by atoms with Gasteiger partial charge in [0.15, 0.2) is 0 Å². The maximum Gasteiger partial charge on any atom is 0.0900 e. The fourth-order valence-corrected chi connectivity index (χ4v) is 6.49. The molecule has 1 aliphatic heterocycles. The molecule has 4 rings (SSSR count). The standard InChI is InChI=1S/C24H37ClN2O2.2ClH/c1-17-5-6-19(25)13-21(17)27-11-9-26(10-12-27)15-20(28)16-29-22-23(2,3)18-7-8-24(22,4)14-18;;/h5-6,13,18,20,22,28H,7-12,14-16H2,1-4H3;2*1H. The lowest BCUT2D eigenvalue weighted by atomic mass is 9.70. The molecule has 2 aliphatic carbocycles. The molecular weight excluding hydrogens is 455 g/mol. The molecule has 1 saturated heterocycles. The van der Waals surface area contributed by atoms with Crippen LogP contribution < -0.4 is 4.90 Å². The topological polar surface area (TPSA) is 35.9 Å². The third-order valence-electron chi connectivity index (χ3n) is 7.95. The number of nitrogens with zero attached hydrogens (tertiary/aromatic N) is 2. The van der Waals surface area contributed by atoms with Crippen molar-refractivity contribution in [2.75, 3.05) is 44.2 Å². The number of β-amino-alcohol motifs (C(OH)–C–C–N with tert-alkyl or cyclic N) is 1. The van der Waals surface area contributed by atoms with E-state index in [2.05, 4.69) is 49.6 Å². The highest BCUT2D eigenvalue weighted by Crippen LogP contribution is 2.63. The number of anilines is 1. The Morgan fingerprint density at radius 2 is 1.84 bits per heavy atom. The van der Waals surface area contributed by atoms with E-state index in [4.69, 9.17) is 16.3 Å². The van der Waals surface area contributed by atoms with Gasteiger partial charge in [0.05, 0.1) is 18.8 Å². The molecule has 178 valence electrons. The minimum atomic E-state index is -0.423. The van der Waals surface area contributed by atoms with Gasteiger partial charge in [0.1, 0.15) is 0 Å². The molecule has 0 aromatic heterocycles. The Kier molecular flexibility index (Phi) is 9.03. The van der Waals surface area contributed by atoms with E-state index in [1.165, 1.54) is 30.5 Å². The quantitative estimate of drug-likeness (QED) is 0.590. The van der Waals surface area contributed by atoms with Crippen LogP contribution in [0, 0.1) is 23.7 Å². The predicted molar refractivity (Wildman–Crippen MR) is 134 cm³/mol. The van der Waals surface area contributed by atoms with Crippen molar-refractivity contribution in [1.29, 1.82) is 0 Å². The molecule has 3 fully saturated rings. The summed E-state index contributed by atoms with van der Waals surface area (Å²) in [6, 6.07) is 6.10. The number of ether oxygens (including phenoxy) is 1. The van der Waals surface area contributed by atoms with Crippen molar-refractivity contribution in [1.82, 2.24) is 4.90 Å². The van der Waals surface area contributed by atoms with Crippen LogP contribution in [0.2, 0.25) is 5.02 Å². The molecule has 1 aromatic rings. The zero-order chi connectivity index (χ0) is 20.8. The molecule has 3 aliphatic rings. The minimum absolute atomic E-state index is 0. The number of fused-ring (bicyclic) bond motifs is 2. The van der Waals surface area contributed by atoms with E-state index in [0.29, 0.717) is 18.6 Å². The van der Waals surface area contributed by atoms with Crippen LogP contribution in [0.3, 0.4) is 0 Å². The van der Waals surface area contributed by atoms with Crippen LogP contribution in [0.1, 0.15) is 45.6 Å². The number of hydrogen-bond acceptors (Lipinski definition) is 4. The Bertz CT molecular complexity index is 735. The van der Waals surface area contributed by atoms with Crippen LogP contribution in [-0.4, -0.2) is 61.5 Å². The molecule has 31 heavy (non-hydrogen) atoms. The van der Waals surface area contributed by atoms with Gasteiger partial charge in [-0.25, -0.2) is 0 Å². The number of rotatable bonds is 6. The third-order valence-corrected chi connectivity index (χ3v) is 8.18. The second-order valence-corrected chi connectivity index (χ2v) is 10.9. The lowest BCUT2D eigenvalue weighted by molar-refractivity contribution is -0.113. The number of halogens is 3. The zero-order valence-electron chi connectivity index (χ0n) is 19.3. The number of aliphatic hydroxyl groups excluding tert-OH is 1. The molecule has 2 saturated carbocycles. The van der Waals surface area contributed by atoms with Gasteiger partial charge in [0.2, 0.25) is 0 Å².